The van der Waals surface area contributed by atoms with Crippen molar-refractivity contribution in [3.63, 3.8) is 0 Å². The summed E-state index contributed by atoms with van der Waals surface area (Å²) < 4.78 is 0.917. The third kappa shape index (κ3) is 2.36. The van der Waals surface area contributed by atoms with Crippen LogP contribution in [-0.2, 0) is 0 Å². The molecule has 2 aromatic rings. The maximum Gasteiger partial charge on any atom is 0.223 e. The first kappa shape index (κ1) is 11.4. The highest BCUT2D eigenvalue weighted by Gasteiger charge is 2.06. The molecule has 1 aromatic heterocycles. The summed E-state index contributed by atoms with van der Waals surface area (Å²) in [7, 11) is 0. The lowest BCUT2D eigenvalue weighted by Crippen LogP contribution is -2.26. The summed E-state index contributed by atoms with van der Waals surface area (Å²) >= 11 is 3.41. The number of guanidine groups is 2. The van der Waals surface area contributed by atoms with Gasteiger partial charge < -0.3 is 17.2 Å². The van der Waals surface area contributed by atoms with E-state index in [0.29, 0.717) is 5.69 Å². The van der Waals surface area contributed by atoms with Gasteiger partial charge >= 0.3 is 0 Å². The van der Waals surface area contributed by atoms with Crippen LogP contribution in [0.4, 0.5) is 5.69 Å². The molecule has 0 saturated heterocycles. The maximum absolute atomic E-state index is 5.56. The molecule has 7 N–H and O–H groups in total. The van der Waals surface area contributed by atoms with E-state index in [4.69, 9.17) is 17.2 Å². The van der Waals surface area contributed by atoms with Crippen molar-refractivity contribution in [1.82, 2.24) is 10.2 Å². The van der Waals surface area contributed by atoms with E-state index >= 15 is 0 Å². The van der Waals surface area contributed by atoms with E-state index in [1.807, 2.05) is 6.07 Å². The molecule has 2 rings (SSSR count). The number of hydrogen-bond acceptors (Lipinski definition) is 2. The van der Waals surface area contributed by atoms with E-state index in [2.05, 4.69) is 36.1 Å². The van der Waals surface area contributed by atoms with Crippen molar-refractivity contribution in [2.24, 2.45) is 27.2 Å². The average Bonchev–Trinajstić information content (AvgIpc) is 2.70. The number of nitrogens with two attached hydrogens (primary N) is 3. The van der Waals surface area contributed by atoms with Crippen LogP contribution < -0.4 is 17.2 Å². The number of nitrogens with zero attached hydrogens (tertiary/aromatic N) is 3. The molecule has 0 spiro atoms. The number of aliphatic imine (C=N–C) groups is 2. The number of halogens is 1. The summed E-state index contributed by atoms with van der Waals surface area (Å²) in [6.07, 6.45) is 1.69. The molecule has 7 nitrogen and oxygen atoms in total. The van der Waals surface area contributed by atoms with Gasteiger partial charge in [0, 0.05) is 9.86 Å². The van der Waals surface area contributed by atoms with Gasteiger partial charge in [0.1, 0.15) is 0 Å². The van der Waals surface area contributed by atoms with Crippen LogP contribution in [-0.4, -0.2) is 22.1 Å². The van der Waals surface area contributed by atoms with E-state index in [0.717, 1.165) is 15.4 Å². The van der Waals surface area contributed by atoms with Crippen LogP contribution in [0.15, 0.2) is 32.8 Å². The Hall–Kier alpha value is -2.09. The third-order valence-corrected chi connectivity index (χ3v) is 2.71. The lowest BCUT2D eigenvalue weighted by molar-refractivity contribution is 1.12. The molecule has 8 heteroatoms. The van der Waals surface area contributed by atoms with Crippen LogP contribution in [0.2, 0.25) is 0 Å². The number of aromatic nitrogens is 2. The highest BCUT2D eigenvalue weighted by Crippen LogP contribution is 2.29. The Bertz CT molecular complexity index is 609. The third-order valence-electron chi connectivity index (χ3n) is 2.02. The second-order valence-corrected chi connectivity index (χ2v) is 4.09. The Kier molecular flexibility index (Phi) is 2.96. The number of nitrogens with one attached hydrogen (secondary N) is 1. The lowest BCUT2D eigenvalue weighted by atomic mass is 10.2. The number of fused-ring (bicyclic) bond motifs is 1. The van der Waals surface area contributed by atoms with Crippen LogP contribution in [0.3, 0.4) is 0 Å². The smallest absolute Gasteiger partial charge is 0.223 e. The zero-order valence-corrected chi connectivity index (χ0v) is 10.3. The highest BCUT2D eigenvalue weighted by molar-refractivity contribution is 9.10. The SMILES string of the molecule is NC(N)=NC(N)=Nc1ccc(Br)c2cn[nH]c12. The normalized spacial score (nSPS) is 11.7. The van der Waals surface area contributed by atoms with Crippen molar-refractivity contribution in [2.45, 2.75) is 0 Å². The topological polar surface area (TPSA) is 131 Å². The molecule has 0 fully saturated rings. The molecule has 0 unspecified atom stereocenters. The maximum atomic E-state index is 5.56. The summed E-state index contributed by atoms with van der Waals surface area (Å²) in [5.74, 6) is -0.146. The summed E-state index contributed by atoms with van der Waals surface area (Å²) in [5, 5.41) is 7.68. The minimum atomic E-state index is -0.135. The van der Waals surface area contributed by atoms with Crippen LogP contribution in [0.5, 0.6) is 0 Å². The number of H-pyrrole nitrogens is 1. The fourth-order valence-electron chi connectivity index (χ4n) is 1.36. The summed E-state index contributed by atoms with van der Waals surface area (Å²) in [4.78, 5) is 7.74. The Balaban J connectivity index is 2.54. The van der Waals surface area contributed by atoms with Gasteiger partial charge in [0.2, 0.25) is 5.96 Å². The number of benzene rings is 1. The lowest BCUT2D eigenvalue weighted by Gasteiger charge is -1.99. The van der Waals surface area contributed by atoms with Gasteiger partial charge in [-0.25, -0.2) is 4.99 Å². The Morgan fingerprint density at radius 3 is 2.76 bits per heavy atom. The zero-order chi connectivity index (χ0) is 12.4. The van der Waals surface area contributed by atoms with E-state index < -0.39 is 0 Å². The van der Waals surface area contributed by atoms with Gasteiger partial charge in [-0.15, -0.1) is 0 Å². The first-order chi connectivity index (χ1) is 8.08. The molecule has 0 radical (unpaired) electrons. The van der Waals surface area contributed by atoms with Gasteiger partial charge in [-0.2, -0.15) is 10.1 Å². The fourth-order valence-corrected chi connectivity index (χ4v) is 1.79. The van der Waals surface area contributed by atoms with E-state index in [9.17, 15) is 0 Å². The van der Waals surface area contributed by atoms with Gasteiger partial charge in [-0.3, -0.25) is 5.10 Å². The standard InChI is InChI=1S/C9H10BrN7/c10-5-1-2-6(7-4(5)3-14-17-7)15-9(13)16-8(11)12/h1-3H,(H,14,17)(H6,11,12,13,15,16). The van der Waals surface area contributed by atoms with Crippen molar-refractivity contribution in [3.8, 4) is 0 Å². The molecule has 0 bridgehead atoms. The molecule has 17 heavy (non-hydrogen) atoms. The number of rotatable bonds is 1. The Morgan fingerprint density at radius 1 is 1.29 bits per heavy atom. The summed E-state index contributed by atoms with van der Waals surface area (Å²) in [6.45, 7) is 0. The average molecular weight is 296 g/mol. The Labute approximate surface area is 105 Å². The van der Waals surface area contributed by atoms with E-state index in [1.54, 1.807) is 12.3 Å². The first-order valence-electron chi connectivity index (χ1n) is 4.63. The van der Waals surface area contributed by atoms with Crippen LogP contribution >= 0.6 is 15.9 Å². The van der Waals surface area contributed by atoms with Gasteiger partial charge in [-0.1, -0.05) is 15.9 Å². The van der Waals surface area contributed by atoms with Gasteiger partial charge in [0.25, 0.3) is 0 Å². The minimum Gasteiger partial charge on any atom is -0.370 e. The first-order valence-corrected chi connectivity index (χ1v) is 5.42. The Morgan fingerprint density at radius 2 is 2.06 bits per heavy atom. The molecule has 1 aromatic carbocycles. The molecule has 1 heterocycles. The monoisotopic (exact) mass is 295 g/mol. The molecule has 0 aliphatic heterocycles. The molecular weight excluding hydrogens is 286 g/mol. The minimum absolute atomic E-state index is 0.0109. The van der Waals surface area contributed by atoms with Gasteiger partial charge in [-0.05, 0) is 12.1 Å². The summed E-state index contributed by atoms with van der Waals surface area (Å²) in [6, 6.07) is 3.62. The van der Waals surface area contributed by atoms with Crippen LogP contribution in [0.1, 0.15) is 0 Å². The molecule has 0 aliphatic rings. The van der Waals surface area contributed by atoms with E-state index in [1.165, 1.54) is 0 Å². The van der Waals surface area contributed by atoms with E-state index in [-0.39, 0.29) is 11.9 Å². The van der Waals surface area contributed by atoms with Gasteiger partial charge in [0.05, 0.1) is 17.4 Å². The van der Waals surface area contributed by atoms with Crippen LogP contribution in [0.25, 0.3) is 10.9 Å². The van der Waals surface area contributed by atoms with Crippen LogP contribution in [0, 0.1) is 0 Å². The molecule has 0 aliphatic carbocycles. The highest BCUT2D eigenvalue weighted by atomic mass is 79.9. The predicted octanol–water partition coefficient (Wildman–Crippen LogP) is 0.545. The molecular formula is C9H10BrN7. The zero-order valence-electron chi connectivity index (χ0n) is 8.68. The predicted molar refractivity (Wildman–Crippen MR) is 70.9 cm³/mol. The summed E-state index contributed by atoms with van der Waals surface area (Å²) in [5.41, 5.74) is 17.3. The molecule has 0 amide bonds. The quantitative estimate of drug-likeness (QED) is 0.452. The molecule has 0 saturated carbocycles. The second-order valence-electron chi connectivity index (χ2n) is 3.23. The van der Waals surface area contributed by atoms with Gasteiger partial charge in [0.15, 0.2) is 5.96 Å². The molecule has 0 atom stereocenters. The van der Waals surface area contributed by atoms with Crippen molar-refractivity contribution in [3.05, 3.63) is 22.8 Å². The van der Waals surface area contributed by atoms with Crippen molar-refractivity contribution in [2.75, 3.05) is 0 Å². The second kappa shape index (κ2) is 4.42. The largest absolute Gasteiger partial charge is 0.370 e. The molecule has 88 valence electrons. The number of hydrogen-bond donors (Lipinski definition) is 4. The van der Waals surface area contributed by atoms with Crippen molar-refractivity contribution >= 4 is 44.4 Å². The fraction of sp³-hybridized carbons (Fsp3) is 0. The number of aromatic amines is 1. The van der Waals surface area contributed by atoms with Crippen molar-refractivity contribution in [1.29, 1.82) is 0 Å². The van der Waals surface area contributed by atoms with Crippen molar-refractivity contribution < 1.29 is 0 Å².